The molecule has 0 fully saturated rings. The summed E-state index contributed by atoms with van der Waals surface area (Å²) in [6.07, 6.45) is 0.190. The van der Waals surface area contributed by atoms with Gasteiger partial charge < -0.3 is 15.7 Å². The third-order valence-electron chi connectivity index (χ3n) is 2.87. The maximum Gasteiger partial charge on any atom is 0.326 e. The van der Waals surface area contributed by atoms with Gasteiger partial charge in [-0.15, -0.1) is 0 Å². The molecule has 0 radical (unpaired) electrons. The summed E-state index contributed by atoms with van der Waals surface area (Å²) < 4.78 is 0. The van der Waals surface area contributed by atoms with Gasteiger partial charge in [0.05, 0.1) is 0 Å². The van der Waals surface area contributed by atoms with E-state index in [0.717, 1.165) is 11.3 Å². The zero-order valence-electron chi connectivity index (χ0n) is 11.8. The molecule has 5 nitrogen and oxygen atoms in total. The smallest absolute Gasteiger partial charge is 0.326 e. The van der Waals surface area contributed by atoms with E-state index >= 15 is 0 Å². The van der Waals surface area contributed by atoms with Crippen molar-refractivity contribution in [2.75, 3.05) is 5.32 Å². The van der Waals surface area contributed by atoms with E-state index in [4.69, 9.17) is 28.9 Å². The molecular formula is C14H17ClN2O3S. The van der Waals surface area contributed by atoms with Crippen molar-refractivity contribution in [1.29, 1.82) is 0 Å². The normalized spacial score (nSPS) is 11.6. The van der Waals surface area contributed by atoms with Crippen LogP contribution in [0.4, 0.5) is 5.69 Å². The maximum absolute atomic E-state index is 11.4. The number of carboxylic acids is 1. The number of hydrogen-bond donors (Lipinski definition) is 3. The molecule has 1 aromatic rings. The first-order valence-electron chi connectivity index (χ1n) is 6.41. The lowest BCUT2D eigenvalue weighted by molar-refractivity contribution is -0.140. The van der Waals surface area contributed by atoms with Gasteiger partial charge >= 0.3 is 5.97 Å². The molecule has 0 aliphatic rings. The quantitative estimate of drug-likeness (QED) is 0.697. The Balaban J connectivity index is 2.69. The first-order chi connectivity index (χ1) is 9.83. The van der Waals surface area contributed by atoms with Crippen molar-refractivity contribution in [3.05, 3.63) is 28.8 Å². The number of thiocarbonyl (C=S) groups is 1. The van der Waals surface area contributed by atoms with Crippen LogP contribution in [0.15, 0.2) is 18.2 Å². The number of ketones is 1. The summed E-state index contributed by atoms with van der Waals surface area (Å²) in [5.41, 5.74) is 1.60. The molecule has 0 saturated heterocycles. The molecule has 1 aromatic carbocycles. The Morgan fingerprint density at radius 2 is 2.10 bits per heavy atom. The highest BCUT2D eigenvalue weighted by molar-refractivity contribution is 7.80. The summed E-state index contributed by atoms with van der Waals surface area (Å²) in [4.78, 5) is 22.5. The lowest BCUT2D eigenvalue weighted by Gasteiger charge is -2.17. The average Bonchev–Trinajstić information content (AvgIpc) is 2.40. The lowest BCUT2D eigenvalue weighted by atomic mass is 10.1. The number of benzene rings is 1. The van der Waals surface area contributed by atoms with Crippen LogP contribution < -0.4 is 10.6 Å². The zero-order valence-corrected chi connectivity index (χ0v) is 13.3. The van der Waals surface area contributed by atoms with Crippen molar-refractivity contribution < 1.29 is 14.7 Å². The number of hydrogen-bond acceptors (Lipinski definition) is 3. The molecule has 0 spiro atoms. The summed E-state index contributed by atoms with van der Waals surface area (Å²) in [5, 5.41) is 15.4. The van der Waals surface area contributed by atoms with E-state index in [1.807, 2.05) is 6.92 Å². The number of carbonyl (C=O) groups excluding carboxylic acids is 1. The van der Waals surface area contributed by atoms with Gasteiger partial charge in [0.15, 0.2) is 5.11 Å². The first-order valence-corrected chi connectivity index (χ1v) is 7.20. The average molecular weight is 329 g/mol. The molecule has 0 heterocycles. The van der Waals surface area contributed by atoms with Gasteiger partial charge in [-0.1, -0.05) is 18.5 Å². The van der Waals surface area contributed by atoms with Crippen molar-refractivity contribution in [1.82, 2.24) is 5.32 Å². The molecule has 21 heavy (non-hydrogen) atoms. The highest BCUT2D eigenvalue weighted by atomic mass is 35.5. The molecule has 3 N–H and O–H groups in total. The van der Waals surface area contributed by atoms with E-state index in [2.05, 4.69) is 10.6 Å². The van der Waals surface area contributed by atoms with Gasteiger partial charge in [-0.3, -0.25) is 4.79 Å². The van der Waals surface area contributed by atoms with Crippen molar-refractivity contribution in [2.24, 2.45) is 0 Å². The summed E-state index contributed by atoms with van der Waals surface area (Å²) in [5.74, 6) is -1.26. The highest BCUT2D eigenvalue weighted by Gasteiger charge is 2.21. The largest absolute Gasteiger partial charge is 0.480 e. The van der Waals surface area contributed by atoms with Crippen LogP contribution in [-0.2, 0) is 9.59 Å². The van der Waals surface area contributed by atoms with Crippen LogP contribution in [0, 0.1) is 6.92 Å². The molecule has 0 bridgehead atoms. The highest BCUT2D eigenvalue weighted by Crippen LogP contribution is 2.19. The van der Waals surface area contributed by atoms with Crippen molar-refractivity contribution in [3.8, 4) is 0 Å². The number of aliphatic carboxylic acids is 1. The molecule has 1 unspecified atom stereocenters. The maximum atomic E-state index is 11.4. The first kappa shape index (κ1) is 17.4. The SMILES string of the molecule is CCC(=O)CC(NC(=S)Nc1ccc(Cl)cc1C)C(=O)O. The number of carboxylic acid groups (broad SMARTS) is 1. The van der Waals surface area contributed by atoms with Gasteiger partial charge in [0.1, 0.15) is 11.8 Å². The van der Waals surface area contributed by atoms with Gasteiger partial charge in [-0.25, -0.2) is 4.79 Å². The Morgan fingerprint density at radius 1 is 1.43 bits per heavy atom. The Labute approximate surface area is 133 Å². The minimum absolute atomic E-state index is 0.104. The van der Waals surface area contributed by atoms with E-state index in [1.165, 1.54) is 0 Å². The molecule has 1 atom stereocenters. The number of rotatable bonds is 6. The minimum Gasteiger partial charge on any atom is -0.480 e. The molecule has 0 aliphatic heterocycles. The van der Waals surface area contributed by atoms with Crippen LogP contribution in [0.25, 0.3) is 0 Å². The van der Waals surface area contributed by atoms with Crippen LogP contribution >= 0.6 is 23.8 Å². The van der Waals surface area contributed by atoms with Crippen LogP contribution in [0.2, 0.25) is 5.02 Å². The van der Waals surface area contributed by atoms with Gasteiger partial charge in [-0.05, 0) is 42.9 Å². The van der Waals surface area contributed by atoms with Gasteiger partial charge in [0, 0.05) is 23.6 Å². The van der Waals surface area contributed by atoms with E-state index in [-0.39, 0.29) is 17.3 Å². The molecule has 0 amide bonds. The third kappa shape index (κ3) is 5.69. The molecule has 0 saturated carbocycles. The number of anilines is 1. The van der Waals surface area contributed by atoms with E-state index in [0.29, 0.717) is 11.4 Å². The van der Waals surface area contributed by atoms with Crippen LogP contribution in [-0.4, -0.2) is 28.0 Å². The topological polar surface area (TPSA) is 78.4 Å². The third-order valence-corrected chi connectivity index (χ3v) is 3.32. The fourth-order valence-corrected chi connectivity index (χ4v) is 2.13. The van der Waals surface area contributed by atoms with Gasteiger partial charge in [0.25, 0.3) is 0 Å². The van der Waals surface area contributed by atoms with E-state index in [9.17, 15) is 9.59 Å². The fourth-order valence-electron chi connectivity index (χ4n) is 1.66. The second-order valence-corrected chi connectivity index (χ2v) is 5.39. The Bertz CT molecular complexity index is 563. The standard InChI is InChI=1S/C14H17ClN2O3S/c1-3-10(18)7-12(13(19)20)17-14(21)16-11-5-4-9(15)6-8(11)2/h4-6,12H,3,7H2,1-2H3,(H,19,20)(H2,16,17,21). The minimum atomic E-state index is -1.12. The molecule has 7 heteroatoms. The number of halogens is 1. The summed E-state index contributed by atoms with van der Waals surface area (Å²) in [6, 6.07) is 4.18. The van der Waals surface area contributed by atoms with Crippen molar-refractivity contribution in [3.63, 3.8) is 0 Å². The van der Waals surface area contributed by atoms with Crippen LogP contribution in [0.1, 0.15) is 25.3 Å². The van der Waals surface area contributed by atoms with Crippen LogP contribution in [0.3, 0.4) is 0 Å². The fraction of sp³-hybridized carbons (Fsp3) is 0.357. The second-order valence-electron chi connectivity index (χ2n) is 4.54. The van der Waals surface area contributed by atoms with Crippen LogP contribution in [0.5, 0.6) is 0 Å². The molecule has 1 rings (SSSR count). The van der Waals surface area contributed by atoms with Crippen molar-refractivity contribution in [2.45, 2.75) is 32.7 Å². The summed E-state index contributed by atoms with van der Waals surface area (Å²) in [6.45, 7) is 3.54. The van der Waals surface area contributed by atoms with E-state index in [1.54, 1.807) is 25.1 Å². The molecule has 114 valence electrons. The summed E-state index contributed by atoms with van der Waals surface area (Å²) in [7, 11) is 0. The predicted octanol–water partition coefficient (Wildman–Crippen LogP) is 2.76. The monoisotopic (exact) mass is 328 g/mol. The Kier molecular flexibility index (Phi) is 6.58. The molecule has 0 aliphatic carbocycles. The molecule has 0 aromatic heterocycles. The molecular weight excluding hydrogens is 312 g/mol. The zero-order chi connectivity index (χ0) is 16.0. The summed E-state index contributed by atoms with van der Waals surface area (Å²) >= 11 is 10.9. The van der Waals surface area contributed by atoms with Gasteiger partial charge in [0.2, 0.25) is 0 Å². The predicted molar refractivity (Wildman–Crippen MR) is 86.9 cm³/mol. The Morgan fingerprint density at radius 3 is 2.62 bits per heavy atom. The van der Waals surface area contributed by atoms with Crippen molar-refractivity contribution >= 4 is 46.4 Å². The van der Waals surface area contributed by atoms with E-state index < -0.39 is 12.0 Å². The number of carbonyl (C=O) groups is 2. The number of aryl methyl sites for hydroxylation is 1. The number of nitrogens with one attached hydrogen (secondary N) is 2. The number of Topliss-reactive ketones (excluding diaryl/α,β-unsaturated/α-hetero) is 1. The van der Waals surface area contributed by atoms with Gasteiger partial charge in [-0.2, -0.15) is 0 Å². The second kappa shape index (κ2) is 7.95. The lowest BCUT2D eigenvalue weighted by Crippen LogP contribution is -2.44. The Hall–Kier alpha value is -1.66.